The largest absolute Gasteiger partial charge is 0.338 e. The topological polar surface area (TPSA) is 54.5 Å². The fourth-order valence-electron chi connectivity index (χ4n) is 4.24. The number of sulfone groups is 1. The van der Waals surface area contributed by atoms with Crippen molar-refractivity contribution in [2.45, 2.75) is 55.7 Å². The minimum atomic E-state index is -3.45. The van der Waals surface area contributed by atoms with Crippen molar-refractivity contribution in [2.24, 2.45) is 0 Å². The summed E-state index contributed by atoms with van der Waals surface area (Å²) in [5, 5.41) is 0. The Balaban J connectivity index is 1.84. The normalized spacial score (nSPS) is 26.7. The minimum absolute atomic E-state index is 0.00761. The molecule has 0 radical (unpaired) electrons. The number of benzene rings is 1. The van der Waals surface area contributed by atoms with Crippen molar-refractivity contribution in [3.63, 3.8) is 0 Å². The van der Waals surface area contributed by atoms with Crippen LogP contribution in [0, 0.1) is 5.82 Å². The molecule has 2 fully saturated rings. The first kappa shape index (κ1) is 17.4. The molecule has 0 spiro atoms. The van der Waals surface area contributed by atoms with Gasteiger partial charge in [0.1, 0.15) is 5.82 Å². The highest BCUT2D eigenvalue weighted by molar-refractivity contribution is 7.92. The first-order chi connectivity index (χ1) is 11.2. The van der Waals surface area contributed by atoms with Crippen LogP contribution in [0.3, 0.4) is 0 Å². The first-order valence-corrected chi connectivity index (χ1v) is 10.4. The fraction of sp³-hybridized carbons (Fsp3) is 0.611. The van der Waals surface area contributed by atoms with Gasteiger partial charge in [-0.3, -0.25) is 4.79 Å². The maximum absolute atomic E-state index is 13.1. The molecule has 0 unspecified atom stereocenters. The number of halogens is 1. The van der Waals surface area contributed by atoms with E-state index in [1.54, 1.807) is 17.0 Å². The highest BCUT2D eigenvalue weighted by Gasteiger charge is 2.53. The van der Waals surface area contributed by atoms with Crippen molar-refractivity contribution in [2.75, 3.05) is 12.8 Å². The molecule has 3 rings (SSSR count). The lowest BCUT2D eigenvalue weighted by Crippen LogP contribution is -2.53. The lowest BCUT2D eigenvalue weighted by atomic mass is 9.97. The van der Waals surface area contributed by atoms with Crippen molar-refractivity contribution < 1.29 is 17.6 Å². The number of rotatable bonds is 3. The van der Waals surface area contributed by atoms with Gasteiger partial charge in [0.05, 0.1) is 0 Å². The van der Waals surface area contributed by atoms with Crippen molar-refractivity contribution in [1.29, 1.82) is 0 Å². The van der Waals surface area contributed by atoms with Gasteiger partial charge in [-0.2, -0.15) is 0 Å². The Morgan fingerprint density at radius 1 is 1.21 bits per heavy atom. The molecule has 1 saturated carbocycles. The summed E-state index contributed by atoms with van der Waals surface area (Å²) in [6, 6.07) is 6.36. The van der Waals surface area contributed by atoms with E-state index >= 15 is 0 Å². The molecule has 2 atom stereocenters. The van der Waals surface area contributed by atoms with Gasteiger partial charge in [-0.05, 0) is 43.9 Å². The summed E-state index contributed by atoms with van der Waals surface area (Å²) in [7, 11) is -3.45. The van der Waals surface area contributed by atoms with Gasteiger partial charge in [0.15, 0.2) is 14.6 Å². The van der Waals surface area contributed by atoms with Crippen molar-refractivity contribution >= 4 is 15.7 Å². The zero-order chi connectivity index (χ0) is 17.5. The molecule has 1 aromatic carbocycles. The van der Waals surface area contributed by atoms with Crippen LogP contribution in [0.25, 0.3) is 0 Å². The highest BCUT2D eigenvalue weighted by atomic mass is 32.2. The Hall–Kier alpha value is -1.43. The van der Waals surface area contributed by atoms with E-state index in [9.17, 15) is 17.6 Å². The van der Waals surface area contributed by atoms with Crippen LogP contribution in [0.2, 0.25) is 0 Å². The van der Waals surface area contributed by atoms with Gasteiger partial charge in [0, 0.05) is 24.8 Å². The summed E-state index contributed by atoms with van der Waals surface area (Å²) >= 11 is 0. The third-order valence-corrected chi connectivity index (χ3v) is 7.69. The highest BCUT2D eigenvalue weighted by Crippen LogP contribution is 2.41. The second-order valence-corrected chi connectivity index (χ2v) is 9.59. The van der Waals surface area contributed by atoms with Crippen LogP contribution in [0.5, 0.6) is 0 Å². The molecule has 0 N–H and O–H groups in total. The van der Waals surface area contributed by atoms with Crippen LogP contribution in [-0.2, 0) is 14.6 Å². The molecular formula is C18H24FNO3S. The van der Waals surface area contributed by atoms with Crippen LogP contribution in [0.4, 0.5) is 4.39 Å². The van der Waals surface area contributed by atoms with E-state index in [1.165, 1.54) is 18.4 Å². The molecule has 4 nitrogen and oxygen atoms in total. The van der Waals surface area contributed by atoms with E-state index in [1.807, 2.05) is 6.92 Å². The van der Waals surface area contributed by atoms with Gasteiger partial charge in [0.2, 0.25) is 5.91 Å². The van der Waals surface area contributed by atoms with Crippen molar-refractivity contribution in [3.8, 4) is 0 Å². The van der Waals surface area contributed by atoms with Gasteiger partial charge in [0.25, 0.3) is 0 Å². The maximum atomic E-state index is 13.1. The Labute approximate surface area is 143 Å². The lowest BCUT2D eigenvalue weighted by Gasteiger charge is -2.33. The number of carbonyl (C=O) groups is 1. The van der Waals surface area contributed by atoms with E-state index in [2.05, 4.69) is 0 Å². The van der Waals surface area contributed by atoms with Crippen molar-refractivity contribution in [3.05, 3.63) is 35.6 Å². The Kier molecular flexibility index (Phi) is 4.45. The zero-order valence-electron chi connectivity index (χ0n) is 14.2. The number of carbonyl (C=O) groups excluding carboxylic acids is 1. The molecule has 1 aliphatic carbocycles. The molecule has 1 heterocycles. The minimum Gasteiger partial charge on any atom is -0.338 e. The molecule has 1 saturated heterocycles. The van der Waals surface area contributed by atoms with Gasteiger partial charge in [-0.1, -0.05) is 25.0 Å². The lowest BCUT2D eigenvalue weighted by molar-refractivity contribution is -0.134. The molecule has 1 aliphatic heterocycles. The molecule has 0 bridgehead atoms. The maximum Gasteiger partial charge on any atom is 0.244 e. The molecule has 0 aromatic heterocycles. The number of likely N-dealkylation sites (tertiary alicyclic amines) is 1. The average molecular weight is 353 g/mol. The van der Waals surface area contributed by atoms with E-state index in [0.29, 0.717) is 19.4 Å². The third kappa shape index (κ3) is 2.85. The smallest absolute Gasteiger partial charge is 0.244 e. The van der Waals surface area contributed by atoms with Gasteiger partial charge < -0.3 is 4.90 Å². The first-order valence-electron chi connectivity index (χ1n) is 8.51. The molecular weight excluding hydrogens is 329 g/mol. The van der Waals surface area contributed by atoms with Gasteiger partial charge >= 0.3 is 0 Å². The summed E-state index contributed by atoms with van der Waals surface area (Å²) < 4.78 is 36.6. The SMILES string of the molecule is C[C@@H]1C[C@@H](c2ccc(F)cc2)CN1C(=O)C1(S(C)(=O)=O)CCCC1. The van der Waals surface area contributed by atoms with Gasteiger partial charge in [-0.25, -0.2) is 12.8 Å². The fourth-order valence-corrected chi connectivity index (χ4v) is 5.71. The standard InChI is InChI=1S/C18H24FNO3S/c1-13-11-15(14-5-7-16(19)8-6-14)12-20(13)17(21)18(24(2,22)23)9-3-4-10-18/h5-8,13,15H,3-4,9-12H2,1-2H3/t13-,15-/m1/s1. The Bertz CT molecular complexity index is 723. The summed E-state index contributed by atoms with van der Waals surface area (Å²) in [5.41, 5.74) is 0.998. The van der Waals surface area contributed by atoms with Crippen LogP contribution in [-0.4, -0.2) is 42.8 Å². The number of nitrogens with zero attached hydrogens (tertiary/aromatic N) is 1. The number of hydrogen-bond donors (Lipinski definition) is 0. The monoisotopic (exact) mass is 353 g/mol. The molecule has 2 aliphatic rings. The molecule has 1 aromatic rings. The quantitative estimate of drug-likeness (QED) is 0.840. The summed E-state index contributed by atoms with van der Waals surface area (Å²) in [6.45, 7) is 2.47. The molecule has 24 heavy (non-hydrogen) atoms. The number of amides is 1. The van der Waals surface area contributed by atoms with Crippen LogP contribution in [0.1, 0.15) is 50.5 Å². The van der Waals surface area contributed by atoms with E-state index in [4.69, 9.17) is 0 Å². The summed E-state index contributed by atoms with van der Waals surface area (Å²) in [5.74, 6) is -0.387. The van der Waals surface area contributed by atoms with Crippen molar-refractivity contribution in [1.82, 2.24) is 4.90 Å². The Morgan fingerprint density at radius 2 is 1.79 bits per heavy atom. The average Bonchev–Trinajstić information content (AvgIpc) is 3.14. The van der Waals surface area contributed by atoms with E-state index in [0.717, 1.165) is 24.8 Å². The second-order valence-electron chi connectivity index (χ2n) is 7.26. The van der Waals surface area contributed by atoms with Crippen LogP contribution < -0.4 is 0 Å². The predicted molar refractivity (Wildman–Crippen MR) is 91.0 cm³/mol. The zero-order valence-corrected chi connectivity index (χ0v) is 15.0. The molecule has 6 heteroatoms. The number of hydrogen-bond acceptors (Lipinski definition) is 3. The predicted octanol–water partition coefficient (Wildman–Crippen LogP) is 2.89. The summed E-state index contributed by atoms with van der Waals surface area (Å²) in [6.07, 6.45) is 4.38. The van der Waals surface area contributed by atoms with Gasteiger partial charge in [-0.15, -0.1) is 0 Å². The van der Waals surface area contributed by atoms with Crippen LogP contribution in [0.15, 0.2) is 24.3 Å². The summed E-state index contributed by atoms with van der Waals surface area (Å²) in [4.78, 5) is 14.9. The molecule has 132 valence electrons. The molecule has 1 amide bonds. The van der Waals surface area contributed by atoms with Crippen LogP contribution >= 0.6 is 0 Å². The van der Waals surface area contributed by atoms with E-state index in [-0.39, 0.29) is 23.7 Å². The Morgan fingerprint density at radius 3 is 2.33 bits per heavy atom. The second kappa shape index (κ2) is 6.14. The van der Waals surface area contributed by atoms with E-state index < -0.39 is 14.6 Å². The third-order valence-electron chi connectivity index (χ3n) is 5.69.